The fraction of sp³-hybridized carbons (Fsp3) is 0.375. The summed E-state index contributed by atoms with van der Waals surface area (Å²) in [5, 5.41) is 17.1. The molecule has 0 bridgehead atoms. The van der Waals surface area contributed by atoms with Crippen LogP contribution in [0.15, 0.2) is 59.6 Å². The van der Waals surface area contributed by atoms with Crippen LogP contribution in [0.1, 0.15) is 55.7 Å². The van der Waals surface area contributed by atoms with E-state index in [0.717, 1.165) is 18.6 Å². The Morgan fingerprint density at radius 1 is 1.08 bits per heavy atom. The van der Waals surface area contributed by atoms with Crippen molar-refractivity contribution in [2.75, 3.05) is 19.7 Å². The molecule has 2 heterocycles. The van der Waals surface area contributed by atoms with E-state index in [2.05, 4.69) is 15.5 Å². The maximum Gasteiger partial charge on any atom is 0.416 e. The van der Waals surface area contributed by atoms with E-state index in [9.17, 15) is 27.9 Å². The molecule has 1 atom stereocenters. The second kappa shape index (κ2) is 17.6. The Bertz CT molecular complexity index is 1620. The monoisotopic (exact) mass is 731 g/mol. The van der Waals surface area contributed by atoms with Crippen molar-refractivity contribution < 1.29 is 37.1 Å². The van der Waals surface area contributed by atoms with Gasteiger partial charge in [0.15, 0.2) is 17.2 Å². The Labute approximate surface area is 290 Å². The van der Waals surface area contributed by atoms with Gasteiger partial charge in [-0.2, -0.15) is 13.2 Å². The van der Waals surface area contributed by atoms with Crippen LogP contribution < -0.4 is 10.1 Å². The van der Waals surface area contributed by atoms with Crippen LogP contribution in [-0.2, 0) is 12.8 Å². The van der Waals surface area contributed by atoms with Gasteiger partial charge >= 0.3 is 12.2 Å². The molecule has 0 spiro atoms. The average Bonchev–Trinajstić information content (AvgIpc) is 3.72. The van der Waals surface area contributed by atoms with E-state index in [1.54, 1.807) is 29.4 Å². The van der Waals surface area contributed by atoms with Crippen molar-refractivity contribution in [3.63, 3.8) is 0 Å². The Morgan fingerprint density at radius 3 is 2.25 bits per heavy atom. The molecule has 4 rings (SSSR count). The van der Waals surface area contributed by atoms with Gasteiger partial charge in [-0.15, -0.1) is 0 Å². The third-order valence-corrected chi connectivity index (χ3v) is 7.83. The predicted octanol–water partition coefficient (Wildman–Crippen LogP) is 8.23. The van der Waals surface area contributed by atoms with E-state index in [1.807, 2.05) is 27.7 Å². The Morgan fingerprint density at radius 2 is 1.73 bits per heavy atom. The van der Waals surface area contributed by atoms with E-state index < -0.39 is 24.3 Å². The summed E-state index contributed by atoms with van der Waals surface area (Å²) in [5.41, 5.74) is -0.455. The summed E-state index contributed by atoms with van der Waals surface area (Å²) < 4.78 is 50.1. The van der Waals surface area contributed by atoms with Gasteiger partial charge in [0.2, 0.25) is 0 Å². The number of aliphatic hydroxyl groups is 1. The lowest BCUT2D eigenvalue weighted by Gasteiger charge is -2.22. The number of nitrogens with one attached hydrogen (secondary N) is 1. The Hall–Kier alpha value is -3.78. The number of carbonyl (C=O) groups is 2. The van der Waals surface area contributed by atoms with Gasteiger partial charge in [-0.3, -0.25) is 9.36 Å². The first-order valence-corrected chi connectivity index (χ1v) is 15.9. The third-order valence-electron chi connectivity index (χ3n) is 7.05. The number of amides is 2. The molecule has 16 heteroatoms. The summed E-state index contributed by atoms with van der Waals surface area (Å²) in [5.74, 6) is 0.123. The minimum Gasteiger partial charge on any atom is -0.489 e. The maximum atomic E-state index is 12.6. The van der Waals surface area contributed by atoms with Crippen LogP contribution in [0, 0.1) is 5.92 Å². The van der Waals surface area contributed by atoms with Gasteiger partial charge in [-0.05, 0) is 43.5 Å². The maximum absolute atomic E-state index is 12.6. The van der Waals surface area contributed by atoms with Gasteiger partial charge in [0.05, 0.1) is 34.3 Å². The highest BCUT2D eigenvalue weighted by atomic mass is 35.5. The smallest absolute Gasteiger partial charge is 0.416 e. The van der Waals surface area contributed by atoms with Crippen molar-refractivity contribution in [1.29, 1.82) is 0 Å². The summed E-state index contributed by atoms with van der Waals surface area (Å²) in [6, 6.07) is 7.07. The summed E-state index contributed by atoms with van der Waals surface area (Å²) in [4.78, 5) is 30.2. The van der Waals surface area contributed by atoms with Gasteiger partial charge in [0.1, 0.15) is 12.9 Å². The van der Waals surface area contributed by atoms with Crippen LogP contribution >= 0.6 is 34.8 Å². The van der Waals surface area contributed by atoms with Crippen molar-refractivity contribution in [2.24, 2.45) is 5.92 Å². The van der Waals surface area contributed by atoms with E-state index in [1.165, 1.54) is 23.0 Å². The second-order valence-electron chi connectivity index (χ2n) is 10.9. The summed E-state index contributed by atoms with van der Waals surface area (Å²) >= 11 is 18.0. The number of carbonyl (C=O) groups excluding carboxylic acids is 2. The fourth-order valence-electron chi connectivity index (χ4n) is 4.15. The number of nitrogens with zero attached hydrogens (tertiary/aromatic N) is 4. The molecule has 10 nitrogen and oxygen atoms in total. The normalized spacial score (nSPS) is 11.9. The quantitative estimate of drug-likeness (QED) is 0.159. The number of hydrogen-bond acceptors (Lipinski definition) is 7. The highest BCUT2D eigenvalue weighted by Crippen LogP contribution is 2.36. The Balaban J connectivity index is 0.000000261. The van der Waals surface area contributed by atoms with Crippen molar-refractivity contribution in [1.82, 2.24) is 24.9 Å². The molecule has 0 aliphatic rings. The average molecular weight is 733 g/mol. The molecule has 2 N–H and O–H groups in total. The number of halogens is 6. The molecule has 0 unspecified atom stereocenters. The first kappa shape index (κ1) is 38.7. The van der Waals surface area contributed by atoms with Crippen molar-refractivity contribution in [2.45, 2.75) is 52.9 Å². The SMILES string of the molecule is CC(C)[C@H](C)NC(=O)c1noc(-c2ccc(C(F)(F)F)cc2)c1CO.CCCN(CCOc1c(Cl)cc(Cl)cc1Cl)C(=O)n1ccnc1. The second-order valence-corrected chi connectivity index (χ2v) is 12.1. The summed E-state index contributed by atoms with van der Waals surface area (Å²) in [6.07, 6.45) is 1.03. The van der Waals surface area contributed by atoms with Gasteiger partial charge < -0.3 is 24.6 Å². The van der Waals surface area contributed by atoms with E-state index >= 15 is 0 Å². The number of rotatable bonds is 11. The molecule has 0 saturated heterocycles. The molecule has 4 aromatic rings. The molecule has 260 valence electrons. The van der Waals surface area contributed by atoms with Crippen LogP contribution in [0.2, 0.25) is 15.1 Å². The molecule has 0 fully saturated rings. The first-order valence-electron chi connectivity index (χ1n) is 14.8. The molecular weight excluding hydrogens is 698 g/mol. The number of aromatic nitrogens is 3. The van der Waals surface area contributed by atoms with Crippen molar-refractivity contribution in [3.8, 4) is 17.1 Å². The molecule has 0 aliphatic carbocycles. The highest BCUT2D eigenvalue weighted by Gasteiger charge is 2.31. The van der Waals surface area contributed by atoms with Crippen molar-refractivity contribution in [3.05, 3.63) is 87.0 Å². The zero-order valence-electron chi connectivity index (χ0n) is 26.5. The minimum absolute atomic E-state index is 0.0681. The van der Waals surface area contributed by atoms with Crippen LogP contribution in [0.3, 0.4) is 0 Å². The van der Waals surface area contributed by atoms with Crippen molar-refractivity contribution >= 4 is 46.7 Å². The molecular formula is C32H35Cl3F3N5O5. The van der Waals surface area contributed by atoms with E-state index in [0.29, 0.717) is 39.5 Å². The van der Waals surface area contributed by atoms with Crippen LogP contribution in [0.5, 0.6) is 5.75 Å². The van der Waals surface area contributed by atoms with Gasteiger partial charge in [-0.1, -0.05) is 72.9 Å². The first-order chi connectivity index (χ1) is 22.7. The van der Waals surface area contributed by atoms with E-state index in [-0.39, 0.29) is 41.6 Å². The molecule has 2 aromatic heterocycles. The topological polar surface area (TPSA) is 123 Å². The van der Waals surface area contributed by atoms with Crippen LogP contribution in [0.25, 0.3) is 11.3 Å². The number of benzene rings is 2. The third kappa shape index (κ3) is 10.4. The molecule has 48 heavy (non-hydrogen) atoms. The lowest BCUT2D eigenvalue weighted by atomic mass is 10.0. The van der Waals surface area contributed by atoms with Gasteiger partial charge in [0, 0.05) is 35.6 Å². The summed E-state index contributed by atoms with van der Waals surface area (Å²) in [6.45, 7) is 8.46. The highest BCUT2D eigenvalue weighted by molar-refractivity contribution is 6.40. The molecule has 2 aromatic carbocycles. The number of hydrogen-bond donors (Lipinski definition) is 2. The number of ether oxygens (including phenoxy) is 1. The molecule has 2 amide bonds. The van der Waals surface area contributed by atoms with Gasteiger partial charge in [-0.25, -0.2) is 9.78 Å². The minimum atomic E-state index is -4.45. The lowest BCUT2D eigenvalue weighted by Crippen LogP contribution is -2.37. The number of aliphatic hydroxyl groups excluding tert-OH is 1. The number of alkyl halides is 3. The Kier molecular flexibility index (Phi) is 14.2. The predicted molar refractivity (Wildman–Crippen MR) is 176 cm³/mol. The standard InChI is InChI=1S/C17H19F3N2O3.C15H16Cl3N3O2/c1-9(2)10(3)21-16(24)14-13(8-23)15(25-22-14)11-4-6-12(7-5-11)17(18,19)20;1-2-4-20(15(22)21-5-3-19-10-21)6-7-23-14-12(17)8-11(16)9-13(14)18/h4-7,9-10,23H,8H2,1-3H3,(H,21,24);3,5,8-10H,2,4,6-7H2,1H3/t10-;/m0./s1. The van der Waals surface area contributed by atoms with Crippen LogP contribution in [-0.4, -0.2) is 62.4 Å². The van der Waals surface area contributed by atoms with Gasteiger partial charge in [0.25, 0.3) is 5.91 Å². The largest absolute Gasteiger partial charge is 0.489 e. The molecule has 0 radical (unpaired) electrons. The molecule has 0 saturated carbocycles. The molecule has 0 aliphatic heterocycles. The number of imidazole rings is 1. The zero-order valence-corrected chi connectivity index (χ0v) is 28.8. The zero-order chi connectivity index (χ0) is 35.6. The van der Waals surface area contributed by atoms with E-state index in [4.69, 9.17) is 44.1 Å². The van der Waals surface area contributed by atoms with Crippen LogP contribution in [0.4, 0.5) is 18.0 Å². The fourth-order valence-corrected chi connectivity index (χ4v) is 5.07. The summed E-state index contributed by atoms with van der Waals surface area (Å²) in [7, 11) is 0. The lowest BCUT2D eigenvalue weighted by molar-refractivity contribution is -0.137.